The zero-order chi connectivity index (χ0) is 19.4. The maximum atomic E-state index is 13.1. The lowest BCUT2D eigenvalue weighted by Gasteiger charge is -2.35. The molecule has 0 saturated carbocycles. The topological polar surface area (TPSA) is 57.0 Å². The van der Waals surface area contributed by atoms with E-state index in [1.165, 1.54) is 18.4 Å². The molecule has 1 fully saturated rings. The lowest BCUT2D eigenvalue weighted by atomic mass is 10.1. The average Bonchev–Trinajstić information content (AvgIpc) is 3.22. The van der Waals surface area contributed by atoms with Gasteiger partial charge in [0.15, 0.2) is 5.76 Å². The highest BCUT2D eigenvalue weighted by Crippen LogP contribution is 2.19. The summed E-state index contributed by atoms with van der Waals surface area (Å²) in [4.78, 5) is 30.3. The molecule has 2 heterocycles. The third kappa shape index (κ3) is 4.54. The summed E-state index contributed by atoms with van der Waals surface area (Å²) in [6, 6.07) is 9.41. The van der Waals surface area contributed by atoms with Gasteiger partial charge in [0.2, 0.25) is 5.91 Å². The average molecular weight is 373 g/mol. The number of halogens is 1. The van der Waals surface area contributed by atoms with E-state index >= 15 is 0 Å². The highest BCUT2D eigenvalue weighted by Gasteiger charge is 2.26. The molecule has 1 saturated heterocycles. The number of piperazine rings is 1. The fourth-order valence-corrected chi connectivity index (χ4v) is 3.15. The third-order valence-corrected chi connectivity index (χ3v) is 5.08. The molecule has 2 amide bonds. The van der Waals surface area contributed by atoms with Gasteiger partial charge in [0.1, 0.15) is 5.82 Å². The van der Waals surface area contributed by atoms with E-state index in [0.717, 1.165) is 5.56 Å². The summed E-state index contributed by atoms with van der Waals surface area (Å²) in [6.07, 6.45) is 1.49. The second-order valence-electron chi connectivity index (χ2n) is 6.78. The van der Waals surface area contributed by atoms with Gasteiger partial charge in [-0.1, -0.05) is 12.1 Å². The Bertz CT molecular complexity index is 768. The summed E-state index contributed by atoms with van der Waals surface area (Å²) in [5.74, 6) is -0.0695. The van der Waals surface area contributed by atoms with Crippen molar-refractivity contribution >= 4 is 11.8 Å². The highest BCUT2D eigenvalue weighted by atomic mass is 19.1. The van der Waals surface area contributed by atoms with E-state index in [9.17, 15) is 14.0 Å². The quantitative estimate of drug-likeness (QED) is 0.808. The molecule has 0 radical (unpaired) electrons. The molecule has 7 heteroatoms. The van der Waals surface area contributed by atoms with Crippen molar-refractivity contribution in [2.24, 2.45) is 0 Å². The Kier molecular flexibility index (Phi) is 5.91. The summed E-state index contributed by atoms with van der Waals surface area (Å²) in [7, 11) is 1.76. The first-order chi connectivity index (χ1) is 13.0. The van der Waals surface area contributed by atoms with Gasteiger partial charge < -0.3 is 14.2 Å². The molecule has 144 valence electrons. The van der Waals surface area contributed by atoms with Crippen molar-refractivity contribution in [3.05, 3.63) is 59.8 Å². The number of carbonyl (C=O) groups is 2. The van der Waals surface area contributed by atoms with Gasteiger partial charge in [-0.25, -0.2) is 4.39 Å². The second kappa shape index (κ2) is 8.35. The van der Waals surface area contributed by atoms with Crippen molar-refractivity contribution in [1.82, 2.24) is 14.7 Å². The Morgan fingerprint density at radius 1 is 1.15 bits per heavy atom. The van der Waals surface area contributed by atoms with Gasteiger partial charge in [-0.15, -0.1) is 0 Å². The number of likely N-dealkylation sites (N-methyl/N-ethyl adjacent to an activating group) is 1. The predicted molar refractivity (Wildman–Crippen MR) is 98.6 cm³/mol. The number of rotatable bonds is 5. The van der Waals surface area contributed by atoms with Gasteiger partial charge in [0.25, 0.3) is 5.91 Å². The van der Waals surface area contributed by atoms with Gasteiger partial charge >= 0.3 is 0 Å². The minimum atomic E-state index is -0.290. The van der Waals surface area contributed by atoms with Crippen LogP contribution in [0.3, 0.4) is 0 Å². The first-order valence-corrected chi connectivity index (χ1v) is 9.02. The van der Waals surface area contributed by atoms with Gasteiger partial charge in [0, 0.05) is 33.2 Å². The number of hydrogen-bond donors (Lipinski definition) is 0. The molecule has 1 unspecified atom stereocenters. The number of benzene rings is 1. The number of furan rings is 1. The molecule has 1 aromatic carbocycles. The highest BCUT2D eigenvalue weighted by molar-refractivity contribution is 5.91. The predicted octanol–water partition coefficient (Wildman–Crippen LogP) is 2.40. The van der Waals surface area contributed by atoms with Crippen LogP contribution in [0.15, 0.2) is 47.1 Å². The molecule has 3 rings (SSSR count). The van der Waals surface area contributed by atoms with E-state index in [1.54, 1.807) is 41.1 Å². The molecular formula is C20H24FN3O3. The van der Waals surface area contributed by atoms with Crippen molar-refractivity contribution in [1.29, 1.82) is 0 Å². The molecule has 2 aromatic rings. The Morgan fingerprint density at radius 2 is 1.81 bits per heavy atom. The van der Waals surface area contributed by atoms with Gasteiger partial charge in [-0.2, -0.15) is 0 Å². The minimum Gasteiger partial charge on any atom is -0.459 e. The van der Waals surface area contributed by atoms with E-state index in [-0.39, 0.29) is 23.7 Å². The van der Waals surface area contributed by atoms with Gasteiger partial charge in [0.05, 0.1) is 18.8 Å². The van der Waals surface area contributed by atoms with Crippen LogP contribution in [-0.4, -0.2) is 66.3 Å². The van der Waals surface area contributed by atoms with Crippen LogP contribution in [0.4, 0.5) is 4.39 Å². The maximum absolute atomic E-state index is 13.1. The Balaban J connectivity index is 1.50. The fourth-order valence-electron chi connectivity index (χ4n) is 3.15. The molecule has 0 aliphatic carbocycles. The zero-order valence-electron chi connectivity index (χ0n) is 15.6. The van der Waals surface area contributed by atoms with E-state index in [1.807, 2.05) is 11.8 Å². The molecule has 0 N–H and O–H groups in total. The summed E-state index contributed by atoms with van der Waals surface area (Å²) in [5, 5.41) is 0. The van der Waals surface area contributed by atoms with Crippen molar-refractivity contribution in [2.75, 3.05) is 39.8 Å². The molecule has 27 heavy (non-hydrogen) atoms. The summed E-state index contributed by atoms with van der Waals surface area (Å²) < 4.78 is 18.2. The van der Waals surface area contributed by atoms with Gasteiger partial charge in [-0.05, 0) is 36.8 Å². The molecule has 1 atom stereocenters. The molecule has 0 bridgehead atoms. The largest absolute Gasteiger partial charge is 0.459 e. The van der Waals surface area contributed by atoms with Crippen LogP contribution in [0.1, 0.15) is 29.1 Å². The molecule has 0 spiro atoms. The number of nitrogens with zero attached hydrogens (tertiary/aromatic N) is 3. The zero-order valence-corrected chi connectivity index (χ0v) is 15.6. The summed E-state index contributed by atoms with van der Waals surface area (Å²) in [5.41, 5.74) is 0.890. The van der Waals surface area contributed by atoms with Crippen LogP contribution < -0.4 is 0 Å². The lowest BCUT2D eigenvalue weighted by molar-refractivity contribution is -0.133. The lowest BCUT2D eigenvalue weighted by Crippen LogP contribution is -2.51. The van der Waals surface area contributed by atoms with E-state index < -0.39 is 0 Å². The van der Waals surface area contributed by atoms with E-state index in [4.69, 9.17) is 4.42 Å². The van der Waals surface area contributed by atoms with Crippen LogP contribution >= 0.6 is 0 Å². The Hall–Kier alpha value is -2.67. The molecule has 1 aliphatic rings. The maximum Gasteiger partial charge on any atom is 0.289 e. The van der Waals surface area contributed by atoms with Crippen molar-refractivity contribution in [3.8, 4) is 0 Å². The van der Waals surface area contributed by atoms with Crippen LogP contribution in [0.5, 0.6) is 0 Å². The van der Waals surface area contributed by atoms with Gasteiger partial charge in [-0.3, -0.25) is 14.5 Å². The smallest absolute Gasteiger partial charge is 0.289 e. The first-order valence-electron chi connectivity index (χ1n) is 9.02. The van der Waals surface area contributed by atoms with Crippen molar-refractivity contribution < 1.29 is 18.4 Å². The number of carbonyl (C=O) groups excluding carboxylic acids is 2. The van der Waals surface area contributed by atoms with E-state index in [0.29, 0.717) is 38.5 Å². The second-order valence-corrected chi connectivity index (χ2v) is 6.78. The molecule has 1 aromatic heterocycles. The number of amides is 2. The minimum absolute atomic E-state index is 0.00219. The van der Waals surface area contributed by atoms with Crippen LogP contribution in [0.2, 0.25) is 0 Å². The van der Waals surface area contributed by atoms with Crippen LogP contribution in [0.25, 0.3) is 0 Å². The van der Waals surface area contributed by atoms with Crippen LogP contribution in [-0.2, 0) is 4.79 Å². The standard InChI is InChI=1S/C20H24FN3O3/c1-15(16-5-7-17(21)8-6-16)22(2)19(25)14-23-9-11-24(12-10-23)20(26)18-4-3-13-27-18/h3-8,13,15H,9-12,14H2,1-2H3. The SMILES string of the molecule is CC(c1ccc(F)cc1)N(C)C(=O)CN1CCN(C(=O)c2ccco2)CC1. The fraction of sp³-hybridized carbons (Fsp3) is 0.400. The summed E-state index contributed by atoms with van der Waals surface area (Å²) in [6.45, 7) is 4.61. The summed E-state index contributed by atoms with van der Waals surface area (Å²) >= 11 is 0. The Labute approximate surface area is 158 Å². The Morgan fingerprint density at radius 3 is 2.41 bits per heavy atom. The van der Waals surface area contributed by atoms with E-state index in [2.05, 4.69) is 0 Å². The van der Waals surface area contributed by atoms with Crippen molar-refractivity contribution in [3.63, 3.8) is 0 Å². The van der Waals surface area contributed by atoms with Crippen LogP contribution in [0, 0.1) is 5.82 Å². The molecular weight excluding hydrogens is 349 g/mol. The number of hydrogen-bond acceptors (Lipinski definition) is 4. The normalized spacial score (nSPS) is 16.2. The first kappa shape index (κ1) is 19.1. The third-order valence-electron chi connectivity index (χ3n) is 5.08. The monoisotopic (exact) mass is 373 g/mol. The molecule has 1 aliphatic heterocycles. The van der Waals surface area contributed by atoms with Crippen molar-refractivity contribution in [2.45, 2.75) is 13.0 Å². The molecule has 6 nitrogen and oxygen atoms in total.